The second-order valence-corrected chi connectivity index (χ2v) is 5.91. The lowest BCUT2D eigenvalue weighted by molar-refractivity contribution is 0.473. The number of nitrogens with zero attached hydrogens (tertiary/aromatic N) is 1. The standard InChI is InChI=1S/C15H20N2OS/c1-4-12(16)15(13-6-5-7-18-13)19-14-9-10(2)8-11(3)17-14/h5-9,12,15H,4,16H2,1-3H3. The summed E-state index contributed by atoms with van der Waals surface area (Å²) in [6.07, 6.45) is 2.60. The van der Waals surface area contributed by atoms with Crippen LogP contribution in [0, 0.1) is 13.8 Å². The Kier molecular flexibility index (Phi) is 4.66. The van der Waals surface area contributed by atoms with E-state index < -0.39 is 0 Å². The van der Waals surface area contributed by atoms with Gasteiger partial charge in [0.1, 0.15) is 5.76 Å². The molecule has 2 unspecified atom stereocenters. The molecule has 0 amide bonds. The van der Waals surface area contributed by atoms with E-state index in [9.17, 15) is 0 Å². The zero-order valence-electron chi connectivity index (χ0n) is 11.6. The van der Waals surface area contributed by atoms with Crippen molar-refractivity contribution in [1.29, 1.82) is 0 Å². The Bertz CT molecular complexity index is 505. The topological polar surface area (TPSA) is 52.0 Å². The third kappa shape index (κ3) is 3.61. The van der Waals surface area contributed by atoms with Gasteiger partial charge in [0.2, 0.25) is 0 Å². The second kappa shape index (κ2) is 6.26. The van der Waals surface area contributed by atoms with E-state index in [2.05, 4.69) is 31.0 Å². The van der Waals surface area contributed by atoms with Crippen LogP contribution in [0.1, 0.15) is 35.6 Å². The van der Waals surface area contributed by atoms with E-state index in [1.54, 1.807) is 18.0 Å². The molecule has 2 N–H and O–H groups in total. The largest absolute Gasteiger partial charge is 0.468 e. The lowest BCUT2D eigenvalue weighted by Gasteiger charge is -2.20. The molecule has 0 fully saturated rings. The molecule has 2 aromatic rings. The molecule has 0 aliphatic carbocycles. The number of hydrogen-bond donors (Lipinski definition) is 1. The Morgan fingerprint density at radius 1 is 1.37 bits per heavy atom. The quantitative estimate of drug-likeness (QED) is 0.842. The van der Waals surface area contributed by atoms with Gasteiger partial charge in [-0.3, -0.25) is 0 Å². The Labute approximate surface area is 118 Å². The van der Waals surface area contributed by atoms with Gasteiger partial charge in [-0.2, -0.15) is 0 Å². The fourth-order valence-electron chi connectivity index (χ4n) is 2.02. The van der Waals surface area contributed by atoms with Gasteiger partial charge in [-0.1, -0.05) is 18.7 Å². The Hall–Kier alpha value is -1.26. The summed E-state index contributed by atoms with van der Waals surface area (Å²) in [6.45, 7) is 6.19. The third-order valence-electron chi connectivity index (χ3n) is 3.01. The number of rotatable bonds is 5. The molecule has 2 rings (SSSR count). The highest BCUT2D eigenvalue weighted by Crippen LogP contribution is 2.37. The average molecular weight is 276 g/mol. The molecule has 2 atom stereocenters. The number of pyridine rings is 1. The van der Waals surface area contributed by atoms with Gasteiger partial charge < -0.3 is 10.2 Å². The van der Waals surface area contributed by atoms with E-state index in [1.165, 1.54) is 5.56 Å². The molecule has 0 saturated carbocycles. The van der Waals surface area contributed by atoms with E-state index in [4.69, 9.17) is 10.2 Å². The SMILES string of the molecule is CCC(N)C(Sc1cc(C)cc(C)n1)c1ccco1. The van der Waals surface area contributed by atoms with Gasteiger partial charge in [-0.25, -0.2) is 4.98 Å². The van der Waals surface area contributed by atoms with E-state index in [0.29, 0.717) is 0 Å². The molecule has 3 nitrogen and oxygen atoms in total. The lowest BCUT2D eigenvalue weighted by Crippen LogP contribution is -2.25. The van der Waals surface area contributed by atoms with Crippen molar-refractivity contribution < 1.29 is 4.42 Å². The van der Waals surface area contributed by atoms with Gasteiger partial charge in [-0.15, -0.1) is 0 Å². The smallest absolute Gasteiger partial charge is 0.118 e. The lowest BCUT2D eigenvalue weighted by atomic mass is 10.1. The molecule has 19 heavy (non-hydrogen) atoms. The first-order valence-corrected chi connectivity index (χ1v) is 7.39. The normalized spacial score (nSPS) is 14.3. The van der Waals surface area contributed by atoms with Crippen molar-refractivity contribution in [2.45, 2.75) is 43.5 Å². The molecule has 0 radical (unpaired) electrons. The van der Waals surface area contributed by atoms with Gasteiger partial charge >= 0.3 is 0 Å². The van der Waals surface area contributed by atoms with Gasteiger partial charge in [0.05, 0.1) is 16.5 Å². The Morgan fingerprint density at radius 2 is 2.16 bits per heavy atom. The van der Waals surface area contributed by atoms with Crippen LogP contribution in [0.3, 0.4) is 0 Å². The summed E-state index contributed by atoms with van der Waals surface area (Å²) in [4.78, 5) is 4.57. The predicted molar refractivity (Wildman–Crippen MR) is 79.3 cm³/mol. The summed E-state index contributed by atoms with van der Waals surface area (Å²) in [7, 11) is 0. The maximum Gasteiger partial charge on any atom is 0.118 e. The van der Waals surface area contributed by atoms with E-state index in [-0.39, 0.29) is 11.3 Å². The fraction of sp³-hybridized carbons (Fsp3) is 0.400. The molecule has 2 heterocycles. The molecular weight excluding hydrogens is 256 g/mol. The molecule has 0 spiro atoms. The summed E-state index contributed by atoms with van der Waals surface area (Å²) >= 11 is 1.68. The van der Waals surface area contributed by atoms with Crippen molar-refractivity contribution in [1.82, 2.24) is 4.98 Å². The first-order chi connectivity index (χ1) is 9.10. The zero-order chi connectivity index (χ0) is 13.8. The van der Waals surface area contributed by atoms with Crippen molar-refractivity contribution in [2.24, 2.45) is 5.73 Å². The number of nitrogens with two attached hydrogens (primary N) is 1. The first-order valence-electron chi connectivity index (χ1n) is 6.51. The molecule has 0 saturated heterocycles. The van der Waals surface area contributed by atoms with Crippen LogP contribution in [-0.2, 0) is 0 Å². The molecule has 0 bridgehead atoms. The number of aryl methyl sites for hydroxylation is 2. The fourth-order valence-corrected chi connectivity index (χ4v) is 3.35. The minimum Gasteiger partial charge on any atom is -0.468 e. The Balaban J connectivity index is 2.25. The molecular formula is C15H20N2OS. The van der Waals surface area contributed by atoms with Crippen LogP contribution in [0.25, 0.3) is 0 Å². The first kappa shape index (κ1) is 14.2. The monoisotopic (exact) mass is 276 g/mol. The van der Waals surface area contributed by atoms with Gasteiger partial charge in [0.15, 0.2) is 0 Å². The molecule has 0 aliphatic heterocycles. The van der Waals surface area contributed by atoms with Crippen LogP contribution in [0.5, 0.6) is 0 Å². The predicted octanol–water partition coefficient (Wildman–Crippen LogP) is 3.86. The Morgan fingerprint density at radius 3 is 2.74 bits per heavy atom. The van der Waals surface area contributed by atoms with Crippen molar-refractivity contribution in [2.75, 3.05) is 0 Å². The number of thioether (sulfide) groups is 1. The molecule has 4 heteroatoms. The minimum atomic E-state index is 0.0544. The number of aromatic nitrogens is 1. The molecule has 0 aromatic carbocycles. The minimum absolute atomic E-state index is 0.0544. The summed E-state index contributed by atoms with van der Waals surface area (Å²) < 4.78 is 5.52. The van der Waals surface area contributed by atoms with E-state index in [0.717, 1.165) is 22.9 Å². The highest BCUT2D eigenvalue weighted by Gasteiger charge is 2.23. The van der Waals surface area contributed by atoms with Gasteiger partial charge in [0.25, 0.3) is 0 Å². The third-order valence-corrected chi connectivity index (χ3v) is 4.29. The van der Waals surface area contributed by atoms with Crippen LogP contribution in [-0.4, -0.2) is 11.0 Å². The maximum atomic E-state index is 6.22. The van der Waals surface area contributed by atoms with Crippen molar-refractivity contribution in [3.8, 4) is 0 Å². The van der Waals surface area contributed by atoms with Crippen LogP contribution < -0.4 is 5.73 Å². The van der Waals surface area contributed by atoms with Crippen LogP contribution in [0.15, 0.2) is 40.0 Å². The van der Waals surface area contributed by atoms with Crippen LogP contribution in [0.2, 0.25) is 0 Å². The van der Waals surface area contributed by atoms with Crippen molar-refractivity contribution in [3.63, 3.8) is 0 Å². The molecule has 0 aliphatic rings. The summed E-state index contributed by atoms with van der Waals surface area (Å²) in [5, 5.41) is 1.11. The summed E-state index contributed by atoms with van der Waals surface area (Å²) in [5.41, 5.74) is 8.48. The van der Waals surface area contributed by atoms with Crippen molar-refractivity contribution in [3.05, 3.63) is 47.5 Å². The maximum absolute atomic E-state index is 6.22. The average Bonchev–Trinajstić information content (AvgIpc) is 2.87. The highest BCUT2D eigenvalue weighted by molar-refractivity contribution is 7.99. The summed E-state index contributed by atoms with van der Waals surface area (Å²) in [5.74, 6) is 0.917. The number of hydrogen-bond acceptors (Lipinski definition) is 4. The second-order valence-electron chi connectivity index (χ2n) is 4.75. The van der Waals surface area contributed by atoms with E-state index >= 15 is 0 Å². The highest BCUT2D eigenvalue weighted by atomic mass is 32.2. The zero-order valence-corrected chi connectivity index (χ0v) is 12.4. The van der Waals surface area contributed by atoms with Gasteiger partial charge in [0, 0.05) is 11.7 Å². The van der Waals surface area contributed by atoms with Crippen LogP contribution in [0.4, 0.5) is 0 Å². The van der Waals surface area contributed by atoms with Gasteiger partial charge in [-0.05, 0) is 50.1 Å². The van der Waals surface area contributed by atoms with E-state index in [1.807, 2.05) is 19.1 Å². The number of furan rings is 1. The molecule has 2 aromatic heterocycles. The van der Waals surface area contributed by atoms with Crippen molar-refractivity contribution >= 4 is 11.8 Å². The molecule has 102 valence electrons. The summed E-state index contributed by atoms with van der Waals surface area (Å²) in [6, 6.07) is 8.11. The van der Waals surface area contributed by atoms with Crippen LogP contribution >= 0.6 is 11.8 Å².